The van der Waals surface area contributed by atoms with Gasteiger partial charge in [0.15, 0.2) is 0 Å². The first-order valence-corrected chi connectivity index (χ1v) is 6.14. The maximum Gasteiger partial charge on any atom is 0.0694 e. The molecule has 0 heterocycles. The van der Waals surface area contributed by atoms with Crippen molar-refractivity contribution in [1.82, 2.24) is 0 Å². The summed E-state index contributed by atoms with van der Waals surface area (Å²) in [7, 11) is 0. The zero-order chi connectivity index (χ0) is 12.9. The van der Waals surface area contributed by atoms with Crippen molar-refractivity contribution in [1.29, 1.82) is 0 Å². The minimum atomic E-state index is -0.561. The molecule has 0 bridgehead atoms. The van der Waals surface area contributed by atoms with Crippen LogP contribution in [0, 0.1) is 11.8 Å². The van der Waals surface area contributed by atoms with Gasteiger partial charge in [-0.25, -0.2) is 0 Å². The summed E-state index contributed by atoms with van der Waals surface area (Å²) >= 11 is 0. The highest BCUT2D eigenvalue weighted by Crippen LogP contribution is 2.14. The average molecular weight is 232 g/mol. The molecule has 0 aliphatic carbocycles. The van der Waals surface area contributed by atoms with Gasteiger partial charge in [0, 0.05) is 12.1 Å². The Morgan fingerprint density at radius 1 is 0.750 bits per heavy atom. The minimum absolute atomic E-state index is 0.234. The second kappa shape index (κ2) is 7.22. The molecule has 0 aromatic heterocycles. The SMILES string of the molecule is CC(C)[C@H](N)[C@H](O)CC[C@@H](O)[C@@H](N)C(C)C. The largest absolute Gasteiger partial charge is 0.392 e. The van der Waals surface area contributed by atoms with E-state index >= 15 is 0 Å². The van der Waals surface area contributed by atoms with Gasteiger partial charge in [0.25, 0.3) is 0 Å². The molecule has 4 heteroatoms. The lowest BCUT2D eigenvalue weighted by molar-refractivity contribution is 0.0692. The van der Waals surface area contributed by atoms with E-state index in [9.17, 15) is 10.2 Å². The Bertz CT molecular complexity index is 166. The summed E-state index contributed by atoms with van der Waals surface area (Å²) in [6, 6.07) is -0.468. The molecule has 0 rings (SSSR count). The van der Waals surface area contributed by atoms with Crippen molar-refractivity contribution >= 4 is 0 Å². The van der Waals surface area contributed by atoms with E-state index in [1.54, 1.807) is 0 Å². The predicted octanol–water partition coefficient (Wildman–Crippen LogP) is 0.455. The first-order chi connectivity index (χ1) is 7.27. The third kappa shape index (κ3) is 5.25. The van der Waals surface area contributed by atoms with Crippen LogP contribution in [-0.4, -0.2) is 34.5 Å². The Kier molecular flexibility index (Phi) is 7.15. The summed E-state index contributed by atoms with van der Waals surface area (Å²) in [6.45, 7) is 7.91. The highest BCUT2D eigenvalue weighted by molar-refractivity contribution is 4.79. The van der Waals surface area contributed by atoms with Crippen LogP contribution in [0.5, 0.6) is 0 Å². The standard InChI is InChI=1S/C12H28N2O2/c1-7(2)11(13)9(15)5-6-10(16)12(14)8(3)4/h7-12,15-16H,5-6,13-14H2,1-4H3/t9-,10-,11+,12+/m1/s1. The van der Waals surface area contributed by atoms with Gasteiger partial charge in [-0.3, -0.25) is 0 Å². The first-order valence-electron chi connectivity index (χ1n) is 6.14. The van der Waals surface area contributed by atoms with E-state index in [-0.39, 0.29) is 23.9 Å². The topological polar surface area (TPSA) is 92.5 Å². The molecule has 16 heavy (non-hydrogen) atoms. The average Bonchev–Trinajstić information content (AvgIpc) is 2.22. The lowest BCUT2D eigenvalue weighted by Crippen LogP contribution is -2.42. The molecule has 0 spiro atoms. The van der Waals surface area contributed by atoms with E-state index in [1.165, 1.54) is 0 Å². The third-order valence-corrected chi connectivity index (χ3v) is 3.19. The molecule has 0 aromatic rings. The van der Waals surface area contributed by atoms with Crippen LogP contribution >= 0.6 is 0 Å². The lowest BCUT2D eigenvalue weighted by Gasteiger charge is -2.26. The van der Waals surface area contributed by atoms with Crippen molar-refractivity contribution in [3.8, 4) is 0 Å². The van der Waals surface area contributed by atoms with Gasteiger partial charge < -0.3 is 21.7 Å². The maximum atomic E-state index is 9.78. The summed E-state index contributed by atoms with van der Waals surface area (Å²) in [4.78, 5) is 0. The molecule has 0 aromatic carbocycles. The van der Waals surface area contributed by atoms with Crippen LogP contribution in [0.15, 0.2) is 0 Å². The molecular weight excluding hydrogens is 204 g/mol. The molecule has 0 unspecified atom stereocenters. The Labute approximate surface area is 99.0 Å². The van der Waals surface area contributed by atoms with Gasteiger partial charge in [-0.15, -0.1) is 0 Å². The van der Waals surface area contributed by atoms with E-state index in [0.29, 0.717) is 12.8 Å². The second-order valence-corrected chi connectivity index (χ2v) is 5.35. The first kappa shape index (κ1) is 15.8. The van der Waals surface area contributed by atoms with Crippen molar-refractivity contribution in [2.24, 2.45) is 23.3 Å². The van der Waals surface area contributed by atoms with Gasteiger partial charge in [0.1, 0.15) is 0 Å². The summed E-state index contributed by atoms with van der Waals surface area (Å²) in [5, 5.41) is 19.6. The molecule has 4 atom stereocenters. The summed E-state index contributed by atoms with van der Waals surface area (Å²) in [5.74, 6) is 0.483. The fraction of sp³-hybridized carbons (Fsp3) is 1.00. The number of hydrogen-bond acceptors (Lipinski definition) is 4. The third-order valence-electron chi connectivity index (χ3n) is 3.19. The van der Waals surface area contributed by atoms with E-state index < -0.39 is 12.2 Å². The van der Waals surface area contributed by atoms with Crippen molar-refractivity contribution in [3.05, 3.63) is 0 Å². The normalized spacial score (nSPS) is 19.9. The molecule has 0 amide bonds. The van der Waals surface area contributed by atoms with Crippen LogP contribution in [-0.2, 0) is 0 Å². The summed E-state index contributed by atoms with van der Waals surface area (Å²) in [6.07, 6.45) is -0.120. The van der Waals surface area contributed by atoms with Crippen LogP contribution in [0.25, 0.3) is 0 Å². The molecule has 4 nitrogen and oxygen atoms in total. The summed E-state index contributed by atoms with van der Waals surface area (Å²) < 4.78 is 0. The van der Waals surface area contributed by atoms with Crippen molar-refractivity contribution < 1.29 is 10.2 Å². The number of nitrogens with two attached hydrogens (primary N) is 2. The van der Waals surface area contributed by atoms with E-state index in [1.807, 2.05) is 27.7 Å². The molecule has 98 valence electrons. The van der Waals surface area contributed by atoms with Crippen LogP contribution in [0.4, 0.5) is 0 Å². The molecule has 0 aliphatic rings. The molecule has 0 aliphatic heterocycles. The predicted molar refractivity (Wildman–Crippen MR) is 66.9 cm³/mol. The zero-order valence-electron chi connectivity index (χ0n) is 10.9. The molecular formula is C12H28N2O2. The lowest BCUT2D eigenvalue weighted by atomic mass is 9.91. The van der Waals surface area contributed by atoms with Gasteiger partial charge in [0.2, 0.25) is 0 Å². The van der Waals surface area contributed by atoms with Gasteiger partial charge in [-0.05, 0) is 24.7 Å². The quantitative estimate of drug-likeness (QED) is 0.513. The fourth-order valence-electron chi connectivity index (χ4n) is 1.62. The van der Waals surface area contributed by atoms with Crippen LogP contribution < -0.4 is 11.5 Å². The van der Waals surface area contributed by atoms with Crippen LogP contribution in [0.2, 0.25) is 0 Å². The number of rotatable bonds is 7. The Morgan fingerprint density at radius 3 is 1.19 bits per heavy atom. The van der Waals surface area contributed by atoms with Gasteiger partial charge in [-0.1, -0.05) is 27.7 Å². The van der Waals surface area contributed by atoms with Crippen LogP contribution in [0.1, 0.15) is 40.5 Å². The molecule has 6 N–H and O–H groups in total. The Balaban J connectivity index is 3.96. The summed E-state index contributed by atoms with van der Waals surface area (Å²) in [5.41, 5.74) is 11.6. The zero-order valence-corrected chi connectivity index (χ0v) is 10.9. The van der Waals surface area contributed by atoms with E-state index in [0.717, 1.165) is 0 Å². The second-order valence-electron chi connectivity index (χ2n) is 5.35. The highest BCUT2D eigenvalue weighted by Gasteiger charge is 2.22. The monoisotopic (exact) mass is 232 g/mol. The van der Waals surface area contributed by atoms with Crippen molar-refractivity contribution in [2.45, 2.75) is 64.8 Å². The van der Waals surface area contributed by atoms with Gasteiger partial charge >= 0.3 is 0 Å². The van der Waals surface area contributed by atoms with Gasteiger partial charge in [0.05, 0.1) is 12.2 Å². The number of aliphatic hydroxyl groups is 2. The fourth-order valence-corrected chi connectivity index (χ4v) is 1.62. The molecule has 0 radical (unpaired) electrons. The maximum absolute atomic E-state index is 9.78. The van der Waals surface area contributed by atoms with Gasteiger partial charge in [-0.2, -0.15) is 0 Å². The molecule has 0 saturated carbocycles. The Morgan fingerprint density at radius 2 is 1.00 bits per heavy atom. The van der Waals surface area contributed by atoms with E-state index in [2.05, 4.69) is 0 Å². The smallest absolute Gasteiger partial charge is 0.0694 e. The Hall–Kier alpha value is -0.160. The number of hydrogen-bond donors (Lipinski definition) is 4. The number of aliphatic hydroxyl groups excluding tert-OH is 2. The minimum Gasteiger partial charge on any atom is -0.392 e. The highest BCUT2D eigenvalue weighted by atomic mass is 16.3. The van der Waals surface area contributed by atoms with E-state index in [4.69, 9.17) is 11.5 Å². The van der Waals surface area contributed by atoms with Crippen molar-refractivity contribution in [3.63, 3.8) is 0 Å². The molecule has 0 saturated heterocycles. The van der Waals surface area contributed by atoms with Crippen LogP contribution in [0.3, 0.4) is 0 Å². The van der Waals surface area contributed by atoms with Crippen molar-refractivity contribution in [2.75, 3.05) is 0 Å². The molecule has 0 fully saturated rings.